The Morgan fingerprint density at radius 3 is 2.71 bits per heavy atom. The van der Waals surface area contributed by atoms with Gasteiger partial charge in [-0.05, 0) is 22.6 Å². The highest BCUT2D eigenvalue weighted by Gasteiger charge is 2.25. The molecule has 148 valence electrons. The minimum atomic E-state index is -0.480. The topological polar surface area (TPSA) is 136 Å². The van der Waals surface area contributed by atoms with Gasteiger partial charge in [0, 0.05) is 44.6 Å². The fourth-order valence-corrected chi connectivity index (χ4v) is 3.11. The van der Waals surface area contributed by atoms with Gasteiger partial charge in [0.1, 0.15) is 0 Å². The highest BCUT2D eigenvalue weighted by molar-refractivity contribution is 5.40. The van der Waals surface area contributed by atoms with Gasteiger partial charge in [0.25, 0.3) is 12.4 Å². The first kappa shape index (κ1) is 19.5. The molecule has 2 aromatic heterocycles. The third kappa shape index (κ3) is 4.90. The Labute approximate surface area is 161 Å². The predicted molar refractivity (Wildman–Crippen MR) is 99.9 cm³/mol. The van der Waals surface area contributed by atoms with Crippen molar-refractivity contribution in [1.82, 2.24) is 35.1 Å². The van der Waals surface area contributed by atoms with E-state index < -0.39 is 6.10 Å². The molecule has 4 rings (SSSR count). The number of tetrazole rings is 1. The van der Waals surface area contributed by atoms with Crippen molar-refractivity contribution in [3.8, 4) is 5.69 Å². The Morgan fingerprint density at radius 2 is 2.00 bits per heavy atom. The summed E-state index contributed by atoms with van der Waals surface area (Å²) in [6, 6.07) is 9.77. The van der Waals surface area contributed by atoms with Crippen LogP contribution in [0.3, 0.4) is 0 Å². The van der Waals surface area contributed by atoms with Gasteiger partial charge in [-0.15, -0.1) is 0 Å². The van der Waals surface area contributed by atoms with Crippen LogP contribution in [0.1, 0.15) is 5.69 Å². The van der Waals surface area contributed by atoms with Gasteiger partial charge in [-0.25, -0.2) is 4.98 Å². The number of nitrogens with zero attached hydrogens (tertiary/aromatic N) is 7. The van der Waals surface area contributed by atoms with Gasteiger partial charge >= 0.3 is 0 Å². The summed E-state index contributed by atoms with van der Waals surface area (Å²) in [5.41, 5.74) is 1.94. The number of benzene rings is 1. The summed E-state index contributed by atoms with van der Waals surface area (Å²) in [4.78, 5) is 19.7. The minimum Gasteiger partial charge on any atom is -0.483 e. The lowest BCUT2D eigenvalue weighted by Crippen LogP contribution is -2.34. The van der Waals surface area contributed by atoms with Crippen LogP contribution in [-0.4, -0.2) is 84.0 Å². The number of aromatic nitrogens is 6. The molecule has 1 saturated heterocycles. The number of anilines is 1. The van der Waals surface area contributed by atoms with Crippen molar-refractivity contribution in [2.45, 2.75) is 12.6 Å². The number of hydrogen-bond acceptors (Lipinski definition) is 8. The highest BCUT2D eigenvalue weighted by atomic mass is 16.3. The Morgan fingerprint density at radius 1 is 1.21 bits per heavy atom. The largest absolute Gasteiger partial charge is 0.483 e. The summed E-state index contributed by atoms with van der Waals surface area (Å²) in [7, 11) is 0. The van der Waals surface area contributed by atoms with Crippen molar-refractivity contribution in [3.63, 3.8) is 0 Å². The van der Waals surface area contributed by atoms with E-state index in [0.717, 1.165) is 31.0 Å². The predicted octanol–water partition coefficient (Wildman–Crippen LogP) is -0.231. The molecule has 0 aliphatic carbocycles. The van der Waals surface area contributed by atoms with Gasteiger partial charge in [-0.1, -0.05) is 23.3 Å². The maximum Gasteiger partial charge on any atom is 0.290 e. The number of carboxylic acid groups (broad SMARTS) is 1. The maximum absolute atomic E-state index is 10.4. The monoisotopic (exact) mass is 386 g/mol. The molecule has 1 aromatic carbocycles. The molecular formula is C17H22N8O3. The molecule has 1 unspecified atom stereocenters. The molecule has 3 aromatic rings. The van der Waals surface area contributed by atoms with Crippen LogP contribution >= 0.6 is 0 Å². The fourth-order valence-electron chi connectivity index (χ4n) is 3.11. The average Bonchev–Trinajstić information content (AvgIpc) is 3.35. The first-order valence-electron chi connectivity index (χ1n) is 8.75. The van der Waals surface area contributed by atoms with Crippen LogP contribution in [-0.2, 0) is 11.3 Å². The lowest BCUT2D eigenvalue weighted by Gasteiger charge is -2.22. The van der Waals surface area contributed by atoms with Gasteiger partial charge in [0.05, 0.1) is 18.1 Å². The number of aromatic amines is 1. The molecular weight excluding hydrogens is 364 g/mol. The molecule has 1 aliphatic heterocycles. The number of nitrogens with one attached hydrogen (secondary N) is 1. The molecule has 28 heavy (non-hydrogen) atoms. The average molecular weight is 386 g/mol. The first-order chi connectivity index (χ1) is 13.7. The molecule has 1 aliphatic rings. The van der Waals surface area contributed by atoms with E-state index >= 15 is 0 Å². The molecule has 0 radical (unpaired) electrons. The third-order valence-corrected chi connectivity index (χ3v) is 4.27. The summed E-state index contributed by atoms with van der Waals surface area (Å²) >= 11 is 0. The van der Waals surface area contributed by atoms with Crippen molar-refractivity contribution in [1.29, 1.82) is 0 Å². The normalized spacial score (nSPS) is 17.5. The number of H-pyrrole nitrogens is 1. The molecule has 0 saturated carbocycles. The third-order valence-electron chi connectivity index (χ3n) is 4.27. The Hall–Kier alpha value is -3.31. The van der Waals surface area contributed by atoms with Crippen molar-refractivity contribution in [3.05, 3.63) is 48.5 Å². The van der Waals surface area contributed by atoms with E-state index in [2.05, 4.69) is 30.4 Å². The van der Waals surface area contributed by atoms with E-state index in [1.165, 1.54) is 0 Å². The minimum absolute atomic E-state index is 0.250. The van der Waals surface area contributed by atoms with E-state index in [-0.39, 0.29) is 6.47 Å². The van der Waals surface area contributed by atoms with Gasteiger partial charge in [-0.3, -0.25) is 9.69 Å². The van der Waals surface area contributed by atoms with Crippen LogP contribution in [0.15, 0.2) is 42.9 Å². The van der Waals surface area contributed by atoms with E-state index in [0.29, 0.717) is 19.0 Å². The van der Waals surface area contributed by atoms with Crippen LogP contribution in [0.25, 0.3) is 5.69 Å². The van der Waals surface area contributed by atoms with Crippen LogP contribution in [0.2, 0.25) is 0 Å². The smallest absolute Gasteiger partial charge is 0.290 e. The lowest BCUT2D eigenvalue weighted by molar-refractivity contribution is -0.122. The Bertz CT molecular complexity index is 839. The van der Waals surface area contributed by atoms with Crippen molar-refractivity contribution >= 4 is 12.4 Å². The van der Waals surface area contributed by atoms with E-state index in [4.69, 9.17) is 9.90 Å². The van der Waals surface area contributed by atoms with Gasteiger partial charge in [0.15, 0.2) is 0 Å². The summed E-state index contributed by atoms with van der Waals surface area (Å²) in [6.45, 7) is 3.11. The van der Waals surface area contributed by atoms with Crippen LogP contribution in [0, 0.1) is 0 Å². The van der Waals surface area contributed by atoms with Crippen LogP contribution in [0.4, 0.5) is 5.95 Å². The number of aliphatic hydroxyl groups excluding tert-OH is 1. The number of imidazole rings is 1. The molecule has 0 bridgehead atoms. The highest BCUT2D eigenvalue weighted by Crippen LogP contribution is 2.17. The number of rotatable bonds is 4. The van der Waals surface area contributed by atoms with Crippen molar-refractivity contribution in [2.24, 2.45) is 0 Å². The SMILES string of the molecule is O=CO.OC1CN(Cc2cnc[nH]2)CCN(c2nnnn2-c2ccccc2)C1. The number of aliphatic hydroxyl groups is 1. The fraction of sp³-hybridized carbons (Fsp3) is 0.353. The molecule has 3 N–H and O–H groups in total. The summed E-state index contributed by atoms with van der Waals surface area (Å²) in [5, 5.41) is 29.4. The summed E-state index contributed by atoms with van der Waals surface area (Å²) in [5.74, 6) is 0.647. The maximum atomic E-state index is 10.4. The van der Waals surface area contributed by atoms with Gasteiger partial charge < -0.3 is 20.1 Å². The van der Waals surface area contributed by atoms with Crippen molar-refractivity contribution < 1.29 is 15.0 Å². The molecule has 1 atom stereocenters. The molecule has 1 fully saturated rings. The zero-order valence-corrected chi connectivity index (χ0v) is 15.2. The van der Waals surface area contributed by atoms with Crippen LogP contribution < -0.4 is 4.90 Å². The molecule has 11 nitrogen and oxygen atoms in total. The number of hydrogen-bond donors (Lipinski definition) is 3. The number of carbonyl (C=O) groups is 1. The van der Waals surface area contributed by atoms with E-state index in [9.17, 15) is 5.11 Å². The molecule has 11 heteroatoms. The van der Waals surface area contributed by atoms with E-state index in [1.807, 2.05) is 41.4 Å². The quantitative estimate of drug-likeness (QED) is 0.519. The Balaban J connectivity index is 0.000000706. The van der Waals surface area contributed by atoms with Gasteiger partial charge in [0.2, 0.25) is 0 Å². The standard InChI is InChI=1S/C16H20N8O.CH2O2/c25-15-10-22(9-13-8-17-12-18-13)6-7-23(11-15)16-19-20-21-24(16)14-4-2-1-3-5-14;2-1-3/h1-5,8,12,15,25H,6-7,9-11H2,(H,17,18);1H,(H,2,3). The first-order valence-corrected chi connectivity index (χ1v) is 8.75. The second-order valence-electron chi connectivity index (χ2n) is 6.24. The van der Waals surface area contributed by atoms with Crippen LogP contribution in [0.5, 0.6) is 0 Å². The Kier molecular flexibility index (Phi) is 6.65. The van der Waals surface area contributed by atoms with Crippen molar-refractivity contribution in [2.75, 3.05) is 31.1 Å². The van der Waals surface area contributed by atoms with Gasteiger partial charge in [-0.2, -0.15) is 4.68 Å². The summed E-state index contributed by atoms with van der Waals surface area (Å²) < 4.78 is 1.71. The second-order valence-corrected chi connectivity index (χ2v) is 6.24. The number of para-hydroxylation sites is 1. The second kappa shape index (κ2) is 9.58. The van der Waals surface area contributed by atoms with E-state index in [1.54, 1.807) is 11.0 Å². The zero-order valence-electron chi connectivity index (χ0n) is 15.2. The summed E-state index contributed by atoms with van der Waals surface area (Å²) in [6.07, 6.45) is 3.00. The molecule has 0 spiro atoms. The molecule has 0 amide bonds. The number of β-amino-alcohol motifs (C(OH)–C–C–N with tert-alkyl or cyclic N) is 1. The lowest BCUT2D eigenvalue weighted by atomic mass is 10.3. The zero-order chi connectivity index (χ0) is 19.8. The molecule has 3 heterocycles.